The molecule has 1 fully saturated rings. The van der Waals surface area contributed by atoms with Gasteiger partial charge in [-0.3, -0.25) is 9.69 Å². The van der Waals surface area contributed by atoms with E-state index in [2.05, 4.69) is 40.6 Å². The van der Waals surface area contributed by atoms with E-state index >= 15 is 0 Å². The number of likely N-dealkylation sites (N-methyl/N-ethyl adjacent to an activating group) is 1. The number of aryl methyl sites for hydroxylation is 1. The van der Waals surface area contributed by atoms with Crippen LogP contribution in [0.5, 0.6) is 0 Å². The van der Waals surface area contributed by atoms with Crippen LogP contribution in [0.1, 0.15) is 68.5 Å². The lowest BCUT2D eigenvalue weighted by molar-refractivity contribution is -0.124. The predicted octanol–water partition coefficient (Wildman–Crippen LogP) is 3.73. The van der Waals surface area contributed by atoms with E-state index in [9.17, 15) is 10.1 Å². The maximum absolute atomic E-state index is 12.6. The van der Waals surface area contributed by atoms with Crippen LogP contribution >= 0.6 is 0 Å². The van der Waals surface area contributed by atoms with Crippen LogP contribution in [-0.2, 0) is 11.2 Å². The second-order valence-corrected chi connectivity index (χ2v) is 7.68. The Hall–Kier alpha value is -1.86. The zero-order valence-corrected chi connectivity index (χ0v) is 15.3. The standard InChI is InChI=1S/C21H29N3O/c1-24(19-12-8-10-17-9-4-5-11-18(17)19)15-20(25)23-21(16-22)13-6-2-3-7-14-21/h4-5,9,11,19H,2-3,6-8,10,12-15H2,1H3,(H,23,25)/t19-/m0/s1. The number of carbonyl (C=O) groups is 1. The van der Waals surface area contributed by atoms with Crippen molar-refractivity contribution in [3.8, 4) is 6.07 Å². The third kappa shape index (κ3) is 4.22. The SMILES string of the molecule is CN(CC(=O)NC1(C#N)CCCCCC1)[C@H]1CCCc2ccccc21. The van der Waals surface area contributed by atoms with E-state index < -0.39 is 5.54 Å². The lowest BCUT2D eigenvalue weighted by Crippen LogP contribution is -2.50. The van der Waals surface area contributed by atoms with Crippen molar-refractivity contribution >= 4 is 5.91 Å². The largest absolute Gasteiger partial charge is 0.337 e. The van der Waals surface area contributed by atoms with Crippen LogP contribution in [-0.4, -0.2) is 29.9 Å². The quantitative estimate of drug-likeness (QED) is 0.851. The molecule has 1 atom stereocenters. The molecule has 0 radical (unpaired) electrons. The summed E-state index contributed by atoms with van der Waals surface area (Å²) < 4.78 is 0. The molecule has 2 aliphatic rings. The highest BCUT2D eigenvalue weighted by molar-refractivity contribution is 5.79. The zero-order valence-electron chi connectivity index (χ0n) is 15.3. The molecule has 0 spiro atoms. The molecule has 0 heterocycles. The van der Waals surface area contributed by atoms with Gasteiger partial charge >= 0.3 is 0 Å². The molecule has 2 aliphatic carbocycles. The summed E-state index contributed by atoms with van der Waals surface area (Å²) in [4.78, 5) is 14.8. The number of nitrogens with zero attached hydrogens (tertiary/aromatic N) is 2. The second-order valence-electron chi connectivity index (χ2n) is 7.68. The van der Waals surface area contributed by atoms with Crippen molar-refractivity contribution in [1.29, 1.82) is 5.26 Å². The molecule has 1 aromatic carbocycles. The fraction of sp³-hybridized carbons (Fsp3) is 0.619. The maximum atomic E-state index is 12.6. The van der Waals surface area contributed by atoms with Crippen molar-refractivity contribution in [2.75, 3.05) is 13.6 Å². The summed E-state index contributed by atoms with van der Waals surface area (Å²) in [7, 11) is 2.03. The number of nitrogens with one attached hydrogen (secondary N) is 1. The van der Waals surface area contributed by atoms with Gasteiger partial charge in [0.1, 0.15) is 5.54 Å². The van der Waals surface area contributed by atoms with Crippen molar-refractivity contribution in [2.24, 2.45) is 0 Å². The van der Waals surface area contributed by atoms with E-state index in [1.165, 1.54) is 11.1 Å². The number of rotatable bonds is 4. The summed E-state index contributed by atoms with van der Waals surface area (Å²) in [5, 5.41) is 12.7. The summed E-state index contributed by atoms with van der Waals surface area (Å²) in [6.07, 6.45) is 9.33. The summed E-state index contributed by atoms with van der Waals surface area (Å²) in [6, 6.07) is 11.3. The van der Waals surface area contributed by atoms with Gasteiger partial charge in [-0.2, -0.15) is 5.26 Å². The van der Waals surface area contributed by atoms with E-state index in [0.717, 1.165) is 57.8 Å². The minimum Gasteiger partial charge on any atom is -0.337 e. The normalized spacial score (nSPS) is 22.5. The molecule has 134 valence electrons. The number of hydrogen-bond acceptors (Lipinski definition) is 3. The Labute approximate surface area is 151 Å². The molecule has 0 saturated heterocycles. The molecule has 0 bridgehead atoms. The van der Waals surface area contributed by atoms with Gasteiger partial charge in [0.25, 0.3) is 0 Å². The first-order valence-corrected chi connectivity index (χ1v) is 9.64. The first kappa shape index (κ1) is 17.9. The van der Waals surface area contributed by atoms with Crippen LogP contribution < -0.4 is 5.32 Å². The number of carbonyl (C=O) groups excluding carboxylic acids is 1. The van der Waals surface area contributed by atoms with Crippen LogP contribution in [0.15, 0.2) is 24.3 Å². The topological polar surface area (TPSA) is 56.1 Å². The molecule has 1 amide bonds. The van der Waals surface area contributed by atoms with E-state index in [1.807, 2.05) is 7.05 Å². The van der Waals surface area contributed by atoms with Crippen molar-refractivity contribution < 1.29 is 4.79 Å². The number of benzene rings is 1. The van der Waals surface area contributed by atoms with Gasteiger partial charge in [0.15, 0.2) is 0 Å². The molecule has 1 N–H and O–H groups in total. The Morgan fingerprint density at radius 2 is 1.96 bits per heavy atom. The molecule has 25 heavy (non-hydrogen) atoms. The molecule has 3 rings (SSSR count). The highest BCUT2D eigenvalue weighted by Gasteiger charge is 2.33. The molecule has 0 unspecified atom stereocenters. The summed E-state index contributed by atoms with van der Waals surface area (Å²) in [5.74, 6) is -0.0194. The molecule has 4 heteroatoms. The summed E-state index contributed by atoms with van der Waals surface area (Å²) >= 11 is 0. The third-order valence-electron chi connectivity index (χ3n) is 5.81. The number of amides is 1. The smallest absolute Gasteiger partial charge is 0.235 e. The average Bonchev–Trinajstić information content (AvgIpc) is 2.87. The molecular weight excluding hydrogens is 310 g/mol. The molecular formula is C21H29N3O. The van der Waals surface area contributed by atoms with Gasteiger partial charge in [-0.05, 0) is 50.3 Å². The first-order chi connectivity index (χ1) is 12.1. The van der Waals surface area contributed by atoms with E-state index in [1.54, 1.807) is 0 Å². The number of hydrogen-bond donors (Lipinski definition) is 1. The lowest BCUT2D eigenvalue weighted by Gasteiger charge is -2.34. The van der Waals surface area contributed by atoms with Gasteiger partial charge in [-0.25, -0.2) is 0 Å². The van der Waals surface area contributed by atoms with Crippen LogP contribution in [0.25, 0.3) is 0 Å². The Bertz CT molecular complexity index is 641. The highest BCUT2D eigenvalue weighted by atomic mass is 16.2. The van der Waals surface area contributed by atoms with Crippen LogP contribution in [0, 0.1) is 11.3 Å². The Morgan fingerprint density at radius 3 is 2.68 bits per heavy atom. The molecule has 4 nitrogen and oxygen atoms in total. The van der Waals surface area contributed by atoms with E-state index in [-0.39, 0.29) is 5.91 Å². The Morgan fingerprint density at radius 1 is 1.24 bits per heavy atom. The Balaban J connectivity index is 1.64. The third-order valence-corrected chi connectivity index (χ3v) is 5.81. The van der Waals surface area contributed by atoms with E-state index in [4.69, 9.17) is 0 Å². The van der Waals surface area contributed by atoms with Gasteiger partial charge < -0.3 is 5.32 Å². The average molecular weight is 339 g/mol. The van der Waals surface area contributed by atoms with Gasteiger partial charge in [-0.15, -0.1) is 0 Å². The van der Waals surface area contributed by atoms with E-state index in [0.29, 0.717) is 12.6 Å². The summed E-state index contributed by atoms with van der Waals surface area (Å²) in [5.41, 5.74) is 2.11. The van der Waals surface area contributed by atoms with Gasteiger partial charge in [0, 0.05) is 6.04 Å². The fourth-order valence-electron chi connectivity index (χ4n) is 4.43. The molecule has 1 aromatic rings. The number of fused-ring (bicyclic) bond motifs is 1. The van der Waals surface area contributed by atoms with Gasteiger partial charge in [0.2, 0.25) is 5.91 Å². The van der Waals surface area contributed by atoms with Gasteiger partial charge in [-0.1, -0.05) is 49.9 Å². The predicted molar refractivity (Wildman–Crippen MR) is 98.9 cm³/mol. The monoisotopic (exact) mass is 339 g/mol. The Kier molecular flexibility index (Phi) is 5.75. The zero-order chi connectivity index (χ0) is 17.7. The molecule has 0 aromatic heterocycles. The minimum atomic E-state index is -0.654. The van der Waals surface area contributed by atoms with Crippen molar-refractivity contribution in [1.82, 2.24) is 10.2 Å². The maximum Gasteiger partial charge on any atom is 0.235 e. The van der Waals surface area contributed by atoms with Crippen LogP contribution in [0.2, 0.25) is 0 Å². The van der Waals surface area contributed by atoms with Crippen molar-refractivity contribution in [2.45, 2.75) is 69.4 Å². The van der Waals surface area contributed by atoms with Crippen molar-refractivity contribution in [3.05, 3.63) is 35.4 Å². The number of nitriles is 1. The van der Waals surface area contributed by atoms with Crippen LogP contribution in [0.3, 0.4) is 0 Å². The van der Waals surface area contributed by atoms with Crippen molar-refractivity contribution in [3.63, 3.8) is 0 Å². The molecule has 0 aliphatic heterocycles. The fourth-order valence-corrected chi connectivity index (χ4v) is 4.43. The van der Waals surface area contributed by atoms with Gasteiger partial charge in [0.05, 0.1) is 12.6 Å². The van der Waals surface area contributed by atoms with Crippen LogP contribution in [0.4, 0.5) is 0 Å². The second kappa shape index (κ2) is 8.01. The summed E-state index contributed by atoms with van der Waals surface area (Å²) in [6.45, 7) is 0.350. The highest BCUT2D eigenvalue weighted by Crippen LogP contribution is 2.33. The minimum absolute atomic E-state index is 0.0194. The molecule has 1 saturated carbocycles. The first-order valence-electron chi connectivity index (χ1n) is 9.64. The lowest BCUT2D eigenvalue weighted by atomic mass is 9.87.